The molecular weight excluding hydrogens is 365 g/mol. The normalized spacial score (nSPS) is 20.5. The summed E-state index contributed by atoms with van der Waals surface area (Å²) in [6.45, 7) is 0.898. The van der Waals surface area contributed by atoms with Crippen molar-refractivity contribution in [2.24, 2.45) is 0 Å². The van der Waals surface area contributed by atoms with Crippen molar-refractivity contribution in [3.05, 3.63) is 28.8 Å². The fourth-order valence-electron chi connectivity index (χ4n) is 2.91. The van der Waals surface area contributed by atoms with E-state index < -0.39 is 26.8 Å². The van der Waals surface area contributed by atoms with Gasteiger partial charge in [0.15, 0.2) is 0 Å². The zero-order valence-electron chi connectivity index (χ0n) is 13.5. The first-order chi connectivity index (χ1) is 11.0. The van der Waals surface area contributed by atoms with E-state index in [-0.39, 0.29) is 10.9 Å². The Balaban J connectivity index is 2.38. The highest BCUT2D eigenvalue weighted by Crippen LogP contribution is 2.35. The SMILES string of the molecule is CN(C)C[C@@H]1CCCCN1S(=O)(=O)c1ccc(C(F)(F)F)cc1Cl. The molecule has 1 aliphatic heterocycles. The summed E-state index contributed by atoms with van der Waals surface area (Å²) in [4.78, 5) is 1.62. The van der Waals surface area contributed by atoms with E-state index in [0.29, 0.717) is 19.2 Å². The summed E-state index contributed by atoms with van der Waals surface area (Å²) in [5.74, 6) is 0. The summed E-state index contributed by atoms with van der Waals surface area (Å²) in [6.07, 6.45) is -2.20. The van der Waals surface area contributed by atoms with E-state index in [1.165, 1.54) is 4.31 Å². The lowest BCUT2D eigenvalue weighted by Crippen LogP contribution is -2.48. The molecule has 1 aliphatic rings. The monoisotopic (exact) mass is 384 g/mol. The average Bonchev–Trinajstić information content (AvgIpc) is 2.45. The van der Waals surface area contributed by atoms with Crippen LogP contribution in [0.5, 0.6) is 0 Å². The van der Waals surface area contributed by atoms with Gasteiger partial charge in [0.1, 0.15) is 4.90 Å². The number of hydrogen-bond acceptors (Lipinski definition) is 3. The van der Waals surface area contributed by atoms with Crippen molar-refractivity contribution in [1.82, 2.24) is 9.21 Å². The quantitative estimate of drug-likeness (QED) is 0.798. The first kappa shape index (κ1) is 19.5. The molecule has 1 atom stereocenters. The molecule has 1 heterocycles. The first-order valence-electron chi connectivity index (χ1n) is 7.57. The molecule has 0 aromatic heterocycles. The highest BCUT2D eigenvalue weighted by molar-refractivity contribution is 7.89. The lowest BCUT2D eigenvalue weighted by Gasteiger charge is -2.36. The predicted octanol–water partition coefficient (Wildman–Crippen LogP) is 3.46. The summed E-state index contributed by atoms with van der Waals surface area (Å²) < 4.78 is 65.4. The minimum absolute atomic E-state index is 0.211. The Morgan fingerprint density at radius 3 is 2.50 bits per heavy atom. The molecular formula is C15H20ClF3N2O2S. The van der Waals surface area contributed by atoms with Crippen LogP contribution < -0.4 is 0 Å². The Kier molecular flexibility index (Phi) is 5.84. The van der Waals surface area contributed by atoms with Gasteiger partial charge in [-0.05, 0) is 45.1 Å². The second-order valence-corrected chi connectivity index (χ2v) is 8.44. The molecule has 0 N–H and O–H groups in total. The number of hydrogen-bond donors (Lipinski definition) is 0. The van der Waals surface area contributed by atoms with E-state index in [9.17, 15) is 21.6 Å². The van der Waals surface area contributed by atoms with Crippen molar-refractivity contribution in [2.45, 2.75) is 36.4 Å². The van der Waals surface area contributed by atoms with Crippen LogP contribution in [0.25, 0.3) is 0 Å². The van der Waals surface area contributed by atoms with Gasteiger partial charge in [-0.25, -0.2) is 8.42 Å². The van der Waals surface area contributed by atoms with Crippen molar-refractivity contribution in [1.29, 1.82) is 0 Å². The molecule has 0 radical (unpaired) electrons. The van der Waals surface area contributed by atoms with Gasteiger partial charge in [-0.2, -0.15) is 17.5 Å². The van der Waals surface area contributed by atoms with E-state index in [4.69, 9.17) is 11.6 Å². The zero-order valence-corrected chi connectivity index (χ0v) is 15.0. The molecule has 1 aromatic rings. The molecule has 9 heteroatoms. The van der Waals surface area contributed by atoms with Crippen LogP contribution in [0.4, 0.5) is 13.2 Å². The maximum Gasteiger partial charge on any atom is 0.416 e. The van der Waals surface area contributed by atoms with Gasteiger partial charge >= 0.3 is 6.18 Å². The number of sulfonamides is 1. The molecule has 0 unspecified atom stereocenters. The zero-order chi connectivity index (χ0) is 18.1. The second kappa shape index (κ2) is 7.19. The fourth-order valence-corrected chi connectivity index (χ4v) is 5.11. The van der Waals surface area contributed by atoms with Crippen molar-refractivity contribution >= 4 is 21.6 Å². The Morgan fingerprint density at radius 2 is 1.96 bits per heavy atom. The second-order valence-electron chi connectivity index (χ2n) is 6.17. The lowest BCUT2D eigenvalue weighted by atomic mass is 10.0. The molecule has 0 bridgehead atoms. The fraction of sp³-hybridized carbons (Fsp3) is 0.600. The van der Waals surface area contributed by atoms with E-state index in [1.807, 2.05) is 19.0 Å². The van der Waals surface area contributed by atoms with Crippen LogP contribution in [0.3, 0.4) is 0 Å². The lowest BCUT2D eigenvalue weighted by molar-refractivity contribution is -0.137. The number of piperidine rings is 1. The standard InChI is InChI=1S/C15H20ClF3N2O2S/c1-20(2)10-12-5-3-4-8-21(12)24(22,23)14-7-6-11(9-13(14)16)15(17,18)19/h6-7,9,12H,3-5,8,10H2,1-2H3/t12-/m0/s1. The van der Waals surface area contributed by atoms with E-state index >= 15 is 0 Å². The minimum Gasteiger partial charge on any atom is -0.308 e. The summed E-state index contributed by atoms with van der Waals surface area (Å²) in [6, 6.07) is 2.15. The molecule has 136 valence electrons. The van der Waals surface area contributed by atoms with Gasteiger partial charge in [-0.15, -0.1) is 0 Å². The van der Waals surface area contributed by atoms with Crippen LogP contribution >= 0.6 is 11.6 Å². The van der Waals surface area contributed by atoms with Crippen molar-refractivity contribution in [2.75, 3.05) is 27.2 Å². The van der Waals surface area contributed by atoms with Gasteiger partial charge in [0, 0.05) is 19.1 Å². The summed E-state index contributed by atoms with van der Waals surface area (Å²) >= 11 is 5.88. The van der Waals surface area contributed by atoms with Crippen molar-refractivity contribution in [3.8, 4) is 0 Å². The molecule has 1 aromatic carbocycles. The Bertz CT molecular complexity index is 692. The van der Waals surface area contributed by atoms with Crippen molar-refractivity contribution < 1.29 is 21.6 Å². The van der Waals surface area contributed by atoms with E-state index in [2.05, 4.69) is 0 Å². The number of benzene rings is 1. The third kappa shape index (κ3) is 4.22. The van der Waals surface area contributed by atoms with Crippen LogP contribution in [0, 0.1) is 0 Å². The molecule has 0 saturated carbocycles. The van der Waals surface area contributed by atoms with Crippen LogP contribution in [0.2, 0.25) is 5.02 Å². The minimum atomic E-state index is -4.56. The van der Waals surface area contributed by atoms with Crippen molar-refractivity contribution in [3.63, 3.8) is 0 Å². The first-order valence-corrected chi connectivity index (χ1v) is 9.38. The van der Waals surface area contributed by atoms with Gasteiger partial charge in [-0.3, -0.25) is 0 Å². The number of halogens is 4. The van der Waals surface area contributed by atoms with Gasteiger partial charge in [-0.1, -0.05) is 18.0 Å². The number of alkyl halides is 3. The van der Waals surface area contributed by atoms with E-state index in [0.717, 1.165) is 31.4 Å². The summed E-state index contributed by atoms with van der Waals surface area (Å²) in [5, 5.41) is -0.404. The Hall–Kier alpha value is -0.830. The average molecular weight is 385 g/mol. The number of rotatable bonds is 4. The molecule has 0 spiro atoms. The predicted molar refractivity (Wildman–Crippen MR) is 86.5 cm³/mol. The molecule has 0 aliphatic carbocycles. The summed E-state index contributed by atoms with van der Waals surface area (Å²) in [5.41, 5.74) is -0.963. The maximum absolute atomic E-state index is 12.9. The molecule has 1 fully saturated rings. The molecule has 24 heavy (non-hydrogen) atoms. The third-order valence-electron chi connectivity index (χ3n) is 3.99. The highest BCUT2D eigenvalue weighted by atomic mass is 35.5. The maximum atomic E-state index is 12.9. The molecule has 2 rings (SSSR count). The summed E-state index contributed by atoms with van der Waals surface area (Å²) in [7, 11) is -0.239. The number of likely N-dealkylation sites (N-methyl/N-ethyl adjacent to an activating group) is 1. The smallest absolute Gasteiger partial charge is 0.308 e. The largest absolute Gasteiger partial charge is 0.416 e. The molecule has 4 nitrogen and oxygen atoms in total. The van der Waals surface area contributed by atoms with Crippen LogP contribution in [-0.4, -0.2) is 50.8 Å². The van der Waals surface area contributed by atoms with Gasteiger partial charge < -0.3 is 4.90 Å². The number of nitrogens with zero attached hydrogens (tertiary/aromatic N) is 2. The van der Waals surface area contributed by atoms with Crippen LogP contribution in [0.1, 0.15) is 24.8 Å². The third-order valence-corrected chi connectivity index (χ3v) is 6.43. The van der Waals surface area contributed by atoms with Crippen LogP contribution in [-0.2, 0) is 16.2 Å². The van der Waals surface area contributed by atoms with Gasteiger partial charge in [0.2, 0.25) is 10.0 Å². The Morgan fingerprint density at radius 1 is 1.29 bits per heavy atom. The van der Waals surface area contributed by atoms with E-state index in [1.54, 1.807) is 0 Å². The van der Waals surface area contributed by atoms with Gasteiger partial charge in [0.05, 0.1) is 10.6 Å². The van der Waals surface area contributed by atoms with Crippen LogP contribution in [0.15, 0.2) is 23.1 Å². The highest BCUT2D eigenvalue weighted by Gasteiger charge is 2.36. The van der Waals surface area contributed by atoms with Gasteiger partial charge in [0.25, 0.3) is 0 Å². The molecule has 0 amide bonds. The topological polar surface area (TPSA) is 40.6 Å². The Labute approximate surface area is 145 Å². The molecule has 1 saturated heterocycles.